The van der Waals surface area contributed by atoms with Gasteiger partial charge >= 0.3 is 0 Å². The van der Waals surface area contributed by atoms with Gasteiger partial charge in [0.1, 0.15) is 11.6 Å². The van der Waals surface area contributed by atoms with Crippen LogP contribution in [0.5, 0.6) is 5.75 Å². The molecule has 13 heavy (non-hydrogen) atoms. The predicted molar refractivity (Wildman–Crippen MR) is 46.2 cm³/mol. The summed E-state index contributed by atoms with van der Waals surface area (Å²) in [5.74, 6) is 0.490. The lowest BCUT2D eigenvalue weighted by Gasteiger charge is -2.23. The minimum absolute atomic E-state index is 0.122. The topological polar surface area (TPSA) is 29.5 Å². The summed E-state index contributed by atoms with van der Waals surface area (Å²) in [6, 6.07) is 4.53. The molecule has 3 heteroatoms. The van der Waals surface area contributed by atoms with Gasteiger partial charge in [-0.1, -0.05) is 6.07 Å². The number of halogens is 1. The predicted octanol–water partition coefficient (Wildman–Crippen LogP) is 1.37. The molecule has 0 aliphatic carbocycles. The maximum Gasteiger partial charge on any atom is 0.126 e. The van der Waals surface area contributed by atoms with Crippen LogP contribution in [0.4, 0.5) is 4.39 Å². The molecule has 1 unspecified atom stereocenters. The fraction of sp³-hybridized carbons (Fsp3) is 0.400. The summed E-state index contributed by atoms with van der Waals surface area (Å²) in [5.41, 5.74) is 0.978. The lowest BCUT2D eigenvalue weighted by Crippen LogP contribution is -2.23. The van der Waals surface area contributed by atoms with Gasteiger partial charge in [-0.3, -0.25) is 0 Å². The molecule has 2 nitrogen and oxygen atoms in total. The summed E-state index contributed by atoms with van der Waals surface area (Å²) >= 11 is 0. The summed E-state index contributed by atoms with van der Waals surface area (Å²) in [7, 11) is 0. The first-order chi connectivity index (χ1) is 6.29. The second-order valence-corrected chi connectivity index (χ2v) is 3.32. The molecule has 0 spiro atoms. The number of hydrogen-bond donors (Lipinski definition) is 1. The van der Waals surface area contributed by atoms with Crippen LogP contribution in [0.25, 0.3) is 0 Å². The van der Waals surface area contributed by atoms with Gasteiger partial charge < -0.3 is 9.84 Å². The van der Waals surface area contributed by atoms with E-state index in [-0.39, 0.29) is 18.3 Å². The maximum atomic E-state index is 12.7. The van der Waals surface area contributed by atoms with E-state index in [1.807, 2.05) is 0 Å². The monoisotopic (exact) mass is 182 g/mol. The standard InChI is InChI=1S/C10H11FO2/c11-9-2-1-8-3-7(5-12)6-13-10(8)4-9/h1-2,4,7,12H,3,5-6H2. The molecule has 0 saturated heterocycles. The minimum Gasteiger partial charge on any atom is -0.493 e. The van der Waals surface area contributed by atoms with E-state index in [1.165, 1.54) is 12.1 Å². The third-order valence-corrected chi connectivity index (χ3v) is 2.27. The fourth-order valence-electron chi connectivity index (χ4n) is 1.53. The van der Waals surface area contributed by atoms with E-state index in [4.69, 9.17) is 9.84 Å². The second kappa shape index (κ2) is 3.34. The van der Waals surface area contributed by atoms with Crippen molar-refractivity contribution >= 4 is 0 Å². The van der Waals surface area contributed by atoms with Crippen LogP contribution in [0, 0.1) is 11.7 Å². The average Bonchev–Trinajstić information content (AvgIpc) is 2.17. The van der Waals surface area contributed by atoms with Gasteiger partial charge in [-0.25, -0.2) is 4.39 Å². The van der Waals surface area contributed by atoms with Crippen LogP contribution in [0.2, 0.25) is 0 Å². The van der Waals surface area contributed by atoms with Crippen LogP contribution in [0.15, 0.2) is 18.2 Å². The van der Waals surface area contributed by atoms with Gasteiger partial charge in [-0.05, 0) is 18.1 Å². The second-order valence-electron chi connectivity index (χ2n) is 3.32. The Morgan fingerprint density at radius 2 is 2.38 bits per heavy atom. The Morgan fingerprint density at radius 3 is 3.15 bits per heavy atom. The lowest BCUT2D eigenvalue weighted by atomic mass is 9.97. The van der Waals surface area contributed by atoms with Gasteiger partial charge in [0.05, 0.1) is 6.61 Å². The first kappa shape index (κ1) is 8.51. The van der Waals surface area contributed by atoms with Crippen molar-refractivity contribution in [3.05, 3.63) is 29.6 Å². The molecule has 2 rings (SSSR count). The smallest absolute Gasteiger partial charge is 0.126 e. The van der Waals surface area contributed by atoms with E-state index in [9.17, 15) is 4.39 Å². The number of fused-ring (bicyclic) bond motifs is 1. The highest BCUT2D eigenvalue weighted by Crippen LogP contribution is 2.27. The molecule has 0 saturated carbocycles. The number of aliphatic hydroxyl groups excluding tert-OH is 1. The van der Waals surface area contributed by atoms with Gasteiger partial charge in [0.2, 0.25) is 0 Å². The van der Waals surface area contributed by atoms with Crippen molar-refractivity contribution in [2.24, 2.45) is 5.92 Å². The lowest BCUT2D eigenvalue weighted by molar-refractivity contribution is 0.146. The fourth-order valence-corrected chi connectivity index (χ4v) is 1.53. The zero-order valence-corrected chi connectivity index (χ0v) is 7.16. The molecule has 70 valence electrons. The van der Waals surface area contributed by atoms with Crippen molar-refractivity contribution in [1.82, 2.24) is 0 Å². The van der Waals surface area contributed by atoms with Crippen molar-refractivity contribution < 1.29 is 14.2 Å². The molecule has 1 aromatic carbocycles. The van der Waals surface area contributed by atoms with Crippen LogP contribution < -0.4 is 4.74 Å². The SMILES string of the molecule is OCC1COc2cc(F)ccc2C1. The zero-order chi connectivity index (χ0) is 9.26. The van der Waals surface area contributed by atoms with E-state index >= 15 is 0 Å². The molecule has 0 radical (unpaired) electrons. The Labute approximate surface area is 76.0 Å². The summed E-state index contributed by atoms with van der Waals surface area (Å²) in [5, 5.41) is 8.92. The average molecular weight is 182 g/mol. The maximum absolute atomic E-state index is 12.7. The number of rotatable bonds is 1. The first-order valence-corrected chi connectivity index (χ1v) is 4.31. The van der Waals surface area contributed by atoms with Crippen molar-refractivity contribution in [2.75, 3.05) is 13.2 Å². The first-order valence-electron chi connectivity index (χ1n) is 4.31. The summed E-state index contributed by atoms with van der Waals surface area (Å²) < 4.78 is 18.1. The van der Waals surface area contributed by atoms with Gasteiger partial charge in [0.25, 0.3) is 0 Å². The van der Waals surface area contributed by atoms with Gasteiger partial charge in [-0.2, -0.15) is 0 Å². The summed E-state index contributed by atoms with van der Waals surface area (Å²) in [6.45, 7) is 0.601. The van der Waals surface area contributed by atoms with E-state index in [2.05, 4.69) is 0 Å². The molecule has 0 fully saturated rings. The van der Waals surface area contributed by atoms with E-state index in [0.717, 1.165) is 12.0 Å². The largest absolute Gasteiger partial charge is 0.493 e. The van der Waals surface area contributed by atoms with E-state index in [1.54, 1.807) is 6.07 Å². The Morgan fingerprint density at radius 1 is 1.54 bits per heavy atom. The highest BCUT2D eigenvalue weighted by atomic mass is 19.1. The number of aliphatic hydroxyl groups is 1. The van der Waals surface area contributed by atoms with Crippen molar-refractivity contribution in [3.63, 3.8) is 0 Å². The summed E-state index contributed by atoms with van der Waals surface area (Å²) in [4.78, 5) is 0. The molecule has 1 aromatic rings. The Balaban J connectivity index is 2.26. The normalized spacial score (nSPS) is 20.6. The number of ether oxygens (including phenoxy) is 1. The molecule has 1 atom stereocenters. The Bertz CT molecular complexity index is 312. The van der Waals surface area contributed by atoms with Gasteiger partial charge in [-0.15, -0.1) is 0 Å². The quantitative estimate of drug-likeness (QED) is 0.710. The molecule has 1 aliphatic heterocycles. The van der Waals surface area contributed by atoms with Gasteiger partial charge in [0.15, 0.2) is 0 Å². The molecule has 1 heterocycles. The van der Waals surface area contributed by atoms with Crippen LogP contribution >= 0.6 is 0 Å². The van der Waals surface area contributed by atoms with Crippen molar-refractivity contribution in [1.29, 1.82) is 0 Å². The third kappa shape index (κ3) is 1.65. The Hall–Kier alpha value is -1.09. The third-order valence-electron chi connectivity index (χ3n) is 2.27. The molecule has 0 bridgehead atoms. The zero-order valence-electron chi connectivity index (χ0n) is 7.16. The van der Waals surface area contributed by atoms with Gasteiger partial charge in [0, 0.05) is 18.6 Å². The van der Waals surface area contributed by atoms with Crippen LogP contribution in [0.1, 0.15) is 5.56 Å². The number of benzene rings is 1. The van der Waals surface area contributed by atoms with Crippen molar-refractivity contribution in [3.8, 4) is 5.75 Å². The summed E-state index contributed by atoms with van der Waals surface area (Å²) in [6.07, 6.45) is 0.770. The molecule has 1 aliphatic rings. The van der Waals surface area contributed by atoms with E-state index in [0.29, 0.717) is 12.4 Å². The van der Waals surface area contributed by atoms with E-state index < -0.39 is 0 Å². The Kier molecular flexibility index (Phi) is 2.19. The highest BCUT2D eigenvalue weighted by Gasteiger charge is 2.19. The molecule has 0 amide bonds. The molecular weight excluding hydrogens is 171 g/mol. The highest BCUT2D eigenvalue weighted by molar-refractivity contribution is 5.35. The van der Waals surface area contributed by atoms with Crippen LogP contribution in [-0.4, -0.2) is 18.3 Å². The molecule has 1 N–H and O–H groups in total. The van der Waals surface area contributed by atoms with Crippen LogP contribution in [0.3, 0.4) is 0 Å². The van der Waals surface area contributed by atoms with Crippen molar-refractivity contribution in [2.45, 2.75) is 6.42 Å². The number of hydrogen-bond acceptors (Lipinski definition) is 2. The minimum atomic E-state index is -0.277. The van der Waals surface area contributed by atoms with Crippen LogP contribution in [-0.2, 0) is 6.42 Å². The molecular formula is C10H11FO2. The molecule has 0 aromatic heterocycles.